The van der Waals surface area contributed by atoms with Gasteiger partial charge in [0, 0.05) is 57.0 Å². The third-order valence-corrected chi connectivity index (χ3v) is 13.3. The van der Waals surface area contributed by atoms with Crippen LogP contribution >= 0.6 is 11.6 Å². The number of hydrogen-bond donors (Lipinski definition) is 1. The van der Waals surface area contributed by atoms with Gasteiger partial charge in [-0.1, -0.05) is 132 Å². The van der Waals surface area contributed by atoms with Gasteiger partial charge in [-0.05, 0) is 110 Å². The molecular weight excluding hydrogens is 1000 g/mol. The first kappa shape index (κ1) is 50.7. The molecule has 1 N–H and O–H groups in total. The van der Waals surface area contributed by atoms with Gasteiger partial charge >= 0.3 is 0 Å². The highest BCUT2D eigenvalue weighted by Gasteiger charge is 2.19. The number of nitrogens with zero attached hydrogens (tertiary/aromatic N) is 8. The van der Waals surface area contributed by atoms with Crippen LogP contribution in [-0.2, 0) is 12.8 Å². The fraction of sp³-hybridized carbons (Fsp3) is 0.0938. The van der Waals surface area contributed by atoms with Crippen LogP contribution in [0.2, 0.25) is 0 Å². The summed E-state index contributed by atoms with van der Waals surface area (Å²) in [6.45, 7) is 3.37. The Labute approximate surface area is 453 Å². The Hall–Kier alpha value is -9.43. The molecule has 0 saturated carbocycles. The van der Waals surface area contributed by atoms with E-state index in [1.807, 2.05) is 158 Å². The molecule has 4 heterocycles. The van der Waals surface area contributed by atoms with Gasteiger partial charge in [-0.2, -0.15) is 0 Å². The number of fused-ring (bicyclic) bond motifs is 2. The van der Waals surface area contributed by atoms with Gasteiger partial charge < -0.3 is 14.6 Å². The highest BCUT2D eigenvalue weighted by atomic mass is 35.5. The minimum Gasteiger partial charge on any atom is -0.438 e. The van der Waals surface area contributed by atoms with Crippen LogP contribution in [0.25, 0.3) is 55.7 Å². The number of pyridine rings is 2. The molecule has 11 nitrogen and oxygen atoms in total. The number of alkyl halides is 1. The lowest BCUT2D eigenvalue weighted by atomic mass is 10.0. The molecule has 0 spiro atoms. The molecule has 78 heavy (non-hydrogen) atoms. The predicted octanol–water partition coefficient (Wildman–Crippen LogP) is 15.4. The minimum atomic E-state index is -0.903. The summed E-state index contributed by atoms with van der Waals surface area (Å²) in [6.07, 6.45) is 4.10. The molecule has 14 heteroatoms. The van der Waals surface area contributed by atoms with E-state index >= 15 is 0 Å². The quantitative estimate of drug-likeness (QED) is 0.106. The van der Waals surface area contributed by atoms with Crippen LogP contribution < -0.4 is 9.47 Å². The van der Waals surface area contributed by atoms with Crippen molar-refractivity contribution in [3.05, 3.63) is 264 Å². The van der Waals surface area contributed by atoms with Crippen LogP contribution in [-0.4, -0.2) is 45.1 Å². The third-order valence-electron chi connectivity index (χ3n) is 13.0. The number of benzene rings is 8. The van der Waals surface area contributed by atoms with Gasteiger partial charge in [0.1, 0.15) is 34.5 Å². The summed E-state index contributed by atoms with van der Waals surface area (Å²) < 4.78 is 43.9. The Kier molecular flexibility index (Phi) is 14.8. The van der Waals surface area contributed by atoms with E-state index in [1.165, 1.54) is 30.3 Å². The smallest absolute Gasteiger partial charge is 0.223 e. The molecule has 0 aliphatic carbocycles. The first-order valence-electron chi connectivity index (χ1n) is 25.2. The third kappa shape index (κ3) is 11.7. The molecule has 2 unspecified atom stereocenters. The van der Waals surface area contributed by atoms with Crippen LogP contribution in [0.5, 0.6) is 23.3 Å². The number of aliphatic hydroxyl groups excluding tert-OH is 1. The number of aromatic nitrogens is 8. The Morgan fingerprint density at radius 1 is 0.487 bits per heavy atom. The highest BCUT2D eigenvalue weighted by molar-refractivity contribution is 6.20. The summed E-state index contributed by atoms with van der Waals surface area (Å²) in [4.78, 5) is 9.71. The zero-order valence-electron chi connectivity index (χ0n) is 42.3. The Balaban J connectivity index is 0.000000165. The van der Waals surface area contributed by atoms with Crippen molar-refractivity contribution >= 4 is 33.4 Å². The molecule has 0 radical (unpaired) electrons. The van der Waals surface area contributed by atoms with Gasteiger partial charge in [0.2, 0.25) is 11.8 Å². The predicted molar refractivity (Wildman–Crippen MR) is 301 cm³/mol. The largest absolute Gasteiger partial charge is 0.438 e. The van der Waals surface area contributed by atoms with Gasteiger partial charge in [-0.3, -0.25) is 0 Å². The molecule has 0 aliphatic rings. The lowest BCUT2D eigenvalue weighted by Crippen LogP contribution is -2.02. The molecule has 0 fully saturated rings. The van der Waals surface area contributed by atoms with E-state index in [0.717, 1.165) is 77.9 Å². The number of rotatable bonds is 14. The molecular formula is C64H49ClF2N8O3. The first-order chi connectivity index (χ1) is 38.1. The molecule has 0 bridgehead atoms. The van der Waals surface area contributed by atoms with Gasteiger partial charge in [0.05, 0.1) is 46.3 Å². The van der Waals surface area contributed by atoms with Crippen molar-refractivity contribution in [1.29, 1.82) is 0 Å². The van der Waals surface area contributed by atoms with E-state index in [4.69, 9.17) is 31.0 Å². The SMILES string of the molecule is CC(Cl)c1cc(F)ccc1Oc1nc2ccc(-n3cc(-c4ccccc4)nn3)cc2cc1Cc1ccccc1.CC(O)c1cc(F)ccc1Oc1nc2ccc(-n3cc(-c4ccccc4)nn3)cc2cc1Cc1ccccc1. The van der Waals surface area contributed by atoms with Crippen LogP contribution in [0.15, 0.2) is 219 Å². The number of ether oxygens (including phenoxy) is 2. The van der Waals surface area contributed by atoms with Crippen LogP contribution in [0.3, 0.4) is 0 Å². The van der Waals surface area contributed by atoms with Gasteiger partial charge in [0.15, 0.2) is 0 Å². The highest BCUT2D eigenvalue weighted by Crippen LogP contribution is 2.37. The van der Waals surface area contributed by atoms with Crippen molar-refractivity contribution in [2.75, 3.05) is 0 Å². The van der Waals surface area contributed by atoms with Crippen LogP contribution in [0.1, 0.15) is 58.7 Å². The summed E-state index contributed by atoms with van der Waals surface area (Å²) >= 11 is 6.35. The molecule has 0 aliphatic heterocycles. The van der Waals surface area contributed by atoms with Crippen molar-refractivity contribution in [3.63, 3.8) is 0 Å². The average Bonchev–Trinajstić information content (AvgIpc) is 4.22. The zero-order chi connectivity index (χ0) is 53.5. The van der Waals surface area contributed by atoms with Gasteiger partial charge in [-0.15, -0.1) is 21.8 Å². The molecule has 4 aromatic heterocycles. The molecule has 12 rings (SSSR count). The molecule has 384 valence electrons. The molecule has 2 atom stereocenters. The van der Waals surface area contributed by atoms with E-state index in [0.29, 0.717) is 47.2 Å². The fourth-order valence-electron chi connectivity index (χ4n) is 9.06. The Morgan fingerprint density at radius 3 is 1.32 bits per heavy atom. The second kappa shape index (κ2) is 22.8. The normalized spacial score (nSPS) is 12.0. The second-order valence-corrected chi connectivity index (χ2v) is 19.3. The Bertz CT molecular complexity index is 3770. The molecule has 0 saturated heterocycles. The van der Waals surface area contributed by atoms with Gasteiger partial charge in [0.25, 0.3) is 0 Å². The van der Waals surface area contributed by atoms with Crippen molar-refractivity contribution in [2.24, 2.45) is 0 Å². The van der Waals surface area contributed by atoms with Gasteiger partial charge in [-0.25, -0.2) is 28.1 Å². The molecule has 8 aromatic carbocycles. The Morgan fingerprint density at radius 2 is 0.897 bits per heavy atom. The average molecular weight is 1050 g/mol. The zero-order valence-corrected chi connectivity index (χ0v) is 43.1. The summed E-state index contributed by atoms with van der Waals surface area (Å²) in [5, 5.41) is 29.0. The second-order valence-electron chi connectivity index (χ2n) is 18.7. The summed E-state index contributed by atoms with van der Waals surface area (Å²) in [7, 11) is 0. The first-order valence-corrected chi connectivity index (χ1v) is 25.7. The topological polar surface area (TPSA) is 126 Å². The monoisotopic (exact) mass is 1050 g/mol. The number of halogens is 3. The van der Waals surface area contributed by atoms with Crippen molar-refractivity contribution < 1.29 is 23.4 Å². The van der Waals surface area contributed by atoms with Crippen molar-refractivity contribution in [2.45, 2.75) is 38.2 Å². The van der Waals surface area contributed by atoms with Crippen molar-refractivity contribution in [1.82, 2.24) is 40.0 Å². The van der Waals surface area contributed by atoms with E-state index in [2.05, 4.69) is 44.9 Å². The molecule has 12 aromatic rings. The van der Waals surface area contributed by atoms with E-state index in [-0.39, 0.29) is 5.82 Å². The lowest BCUT2D eigenvalue weighted by Gasteiger charge is -2.16. The van der Waals surface area contributed by atoms with E-state index in [9.17, 15) is 13.9 Å². The summed E-state index contributed by atoms with van der Waals surface area (Å²) in [5.74, 6) is 0.895. The summed E-state index contributed by atoms with van der Waals surface area (Å²) in [5.41, 5.74) is 11.7. The fourth-order valence-corrected chi connectivity index (χ4v) is 9.23. The van der Waals surface area contributed by atoms with E-state index < -0.39 is 17.3 Å². The van der Waals surface area contributed by atoms with Crippen LogP contribution in [0, 0.1) is 11.6 Å². The number of aliphatic hydroxyl groups is 1. The van der Waals surface area contributed by atoms with Crippen LogP contribution in [0.4, 0.5) is 8.78 Å². The van der Waals surface area contributed by atoms with Crippen molar-refractivity contribution in [3.8, 4) is 57.1 Å². The standard InChI is InChI=1S/C32H24ClFN4O.C32H25FN4O2/c1-21(33)28-19-26(34)12-15-31(28)39-32-25(16-22-8-4-2-5-9-22)17-24-18-27(13-14-29(24)35-32)38-20-30(36-37-38)23-10-6-3-7-11-23;1-21(38)28-19-26(33)12-15-31(28)39-32-25(16-22-8-4-2-5-9-22)17-24-18-27(13-14-29(24)34-32)37-20-30(35-36-37)23-10-6-3-7-11-23/h2-15,17-21H,16H2,1H3;2-15,17-21,38H,16H2,1H3. The maximum absolute atomic E-state index is 14.0. The minimum absolute atomic E-state index is 0.360. The summed E-state index contributed by atoms with van der Waals surface area (Å²) in [6, 6.07) is 64.4. The lowest BCUT2D eigenvalue weighted by molar-refractivity contribution is 0.195. The maximum Gasteiger partial charge on any atom is 0.223 e. The van der Waals surface area contributed by atoms with E-state index in [1.54, 1.807) is 29.3 Å². The number of hydrogen-bond acceptors (Lipinski definition) is 9. The molecule has 0 amide bonds. The maximum atomic E-state index is 14.0.